The topological polar surface area (TPSA) is 61.4 Å². The van der Waals surface area contributed by atoms with Crippen molar-refractivity contribution in [1.29, 1.82) is 0 Å². The molecule has 0 aromatic carbocycles. The van der Waals surface area contributed by atoms with Gasteiger partial charge in [0.15, 0.2) is 0 Å². The molecule has 1 unspecified atom stereocenters. The van der Waals surface area contributed by atoms with E-state index in [-0.39, 0.29) is 0 Å². The van der Waals surface area contributed by atoms with Gasteiger partial charge >= 0.3 is 7.67 Å². The summed E-state index contributed by atoms with van der Waals surface area (Å²) in [6.07, 6.45) is 0.848. The monoisotopic (exact) mass is 242 g/mol. The van der Waals surface area contributed by atoms with Crippen molar-refractivity contribution in [2.24, 2.45) is 0 Å². The zero-order valence-electron chi connectivity index (χ0n) is 6.51. The highest BCUT2D eigenvalue weighted by molar-refractivity contribution is 9.09. The van der Waals surface area contributed by atoms with Crippen LogP contribution in [0.1, 0.15) is 0 Å². The van der Waals surface area contributed by atoms with Gasteiger partial charge in [-0.15, -0.1) is 0 Å². The van der Waals surface area contributed by atoms with Gasteiger partial charge in [-0.3, -0.25) is 4.57 Å². The van der Waals surface area contributed by atoms with Crippen LogP contribution in [0.3, 0.4) is 0 Å². The second-order valence-electron chi connectivity index (χ2n) is 2.08. The van der Waals surface area contributed by atoms with Gasteiger partial charge in [0, 0.05) is 11.9 Å². The standard InChI is InChI=1S/C4H13BBrN2O2P/c5-1-3-7-11(9,10)8-4-2-6/h1-5H2,(H3,7,8,9,10). The molecular formula is C4H13BBrN2O2P. The predicted molar refractivity (Wildman–Crippen MR) is 53.0 cm³/mol. The minimum Gasteiger partial charge on any atom is -0.322 e. The first-order valence-corrected chi connectivity index (χ1v) is 6.29. The second kappa shape index (κ2) is 6.20. The van der Waals surface area contributed by atoms with E-state index in [0.717, 1.165) is 6.32 Å². The van der Waals surface area contributed by atoms with Crippen LogP contribution in [-0.2, 0) is 4.57 Å². The lowest BCUT2D eigenvalue weighted by molar-refractivity contribution is 0.451. The number of hydrogen-bond acceptors (Lipinski definition) is 1. The summed E-state index contributed by atoms with van der Waals surface area (Å²) in [5.41, 5.74) is 0. The molecule has 0 rings (SSSR count). The number of nitrogens with one attached hydrogen (secondary N) is 2. The Morgan fingerprint density at radius 2 is 2.00 bits per heavy atom. The van der Waals surface area contributed by atoms with Crippen molar-refractivity contribution in [2.45, 2.75) is 6.32 Å². The van der Waals surface area contributed by atoms with Crippen molar-refractivity contribution in [3.05, 3.63) is 0 Å². The lowest BCUT2D eigenvalue weighted by Gasteiger charge is -2.12. The lowest BCUT2D eigenvalue weighted by Crippen LogP contribution is -2.24. The summed E-state index contributed by atoms with van der Waals surface area (Å²) in [6, 6.07) is 0. The smallest absolute Gasteiger partial charge is 0.322 e. The van der Waals surface area contributed by atoms with Crippen molar-refractivity contribution in [1.82, 2.24) is 10.2 Å². The van der Waals surface area contributed by atoms with Crippen molar-refractivity contribution < 1.29 is 9.46 Å². The summed E-state index contributed by atoms with van der Waals surface area (Å²) >= 11 is 3.15. The summed E-state index contributed by atoms with van der Waals surface area (Å²) in [5, 5.41) is 5.69. The van der Waals surface area contributed by atoms with Gasteiger partial charge < -0.3 is 4.89 Å². The third-order valence-electron chi connectivity index (χ3n) is 0.997. The molecule has 11 heavy (non-hydrogen) atoms. The Hall–Kier alpha value is 0.655. The molecule has 0 amide bonds. The van der Waals surface area contributed by atoms with E-state index in [1.54, 1.807) is 0 Å². The van der Waals surface area contributed by atoms with Gasteiger partial charge in [-0.1, -0.05) is 22.3 Å². The first-order valence-electron chi connectivity index (χ1n) is 3.51. The normalized spacial score (nSPS) is 16.2. The zero-order valence-corrected chi connectivity index (χ0v) is 8.99. The average molecular weight is 243 g/mol. The van der Waals surface area contributed by atoms with Crippen LogP contribution in [0.5, 0.6) is 0 Å². The molecule has 0 aliphatic carbocycles. The molecule has 4 nitrogen and oxygen atoms in total. The fourth-order valence-corrected chi connectivity index (χ4v) is 2.07. The molecule has 0 aromatic rings. The number of hydrogen-bond donors (Lipinski definition) is 3. The van der Waals surface area contributed by atoms with E-state index in [1.165, 1.54) is 0 Å². The van der Waals surface area contributed by atoms with Crippen LogP contribution in [-0.4, -0.2) is 31.2 Å². The summed E-state index contributed by atoms with van der Waals surface area (Å²) in [5.74, 6) is 0. The van der Waals surface area contributed by atoms with Crippen molar-refractivity contribution >= 4 is 31.4 Å². The molecule has 0 spiro atoms. The highest BCUT2D eigenvalue weighted by Gasteiger charge is 2.13. The zero-order chi connectivity index (χ0) is 8.74. The van der Waals surface area contributed by atoms with Crippen LogP contribution in [0.4, 0.5) is 0 Å². The van der Waals surface area contributed by atoms with Crippen molar-refractivity contribution in [3.8, 4) is 0 Å². The SMILES string of the molecule is BCCNP(=O)(O)NCCBr. The summed E-state index contributed by atoms with van der Waals surface area (Å²) in [7, 11) is -1.31. The minimum absolute atomic E-state index is 0.491. The van der Waals surface area contributed by atoms with Crippen LogP contribution >= 0.6 is 23.6 Å². The Morgan fingerprint density at radius 1 is 1.45 bits per heavy atom. The first kappa shape index (κ1) is 11.7. The molecule has 0 radical (unpaired) electrons. The van der Waals surface area contributed by atoms with Crippen LogP contribution in [0.2, 0.25) is 6.32 Å². The molecule has 66 valence electrons. The fraction of sp³-hybridized carbons (Fsp3) is 1.00. The maximum Gasteiger partial charge on any atom is 0.338 e. The Balaban J connectivity index is 3.53. The number of alkyl halides is 1. The van der Waals surface area contributed by atoms with E-state index >= 15 is 0 Å². The molecular weight excluding hydrogens is 230 g/mol. The lowest BCUT2D eigenvalue weighted by atomic mass is 10.1. The number of rotatable bonds is 6. The van der Waals surface area contributed by atoms with Crippen molar-refractivity contribution in [3.63, 3.8) is 0 Å². The third kappa shape index (κ3) is 7.03. The van der Waals surface area contributed by atoms with E-state index in [9.17, 15) is 4.57 Å². The number of halogens is 1. The molecule has 0 aromatic heterocycles. The van der Waals surface area contributed by atoms with E-state index in [4.69, 9.17) is 4.89 Å². The van der Waals surface area contributed by atoms with Gasteiger partial charge in [0.1, 0.15) is 7.85 Å². The van der Waals surface area contributed by atoms with Gasteiger partial charge in [0.2, 0.25) is 0 Å². The molecule has 0 heterocycles. The second-order valence-corrected chi connectivity index (χ2v) is 4.66. The molecule has 0 saturated carbocycles. The first-order chi connectivity index (χ1) is 5.12. The van der Waals surface area contributed by atoms with Gasteiger partial charge in [-0.05, 0) is 6.54 Å². The summed E-state index contributed by atoms with van der Waals surface area (Å²) < 4.78 is 11.0. The van der Waals surface area contributed by atoms with Crippen LogP contribution in [0, 0.1) is 0 Å². The van der Waals surface area contributed by atoms with Gasteiger partial charge in [0.25, 0.3) is 0 Å². The maximum absolute atomic E-state index is 11.0. The molecule has 0 saturated heterocycles. The van der Waals surface area contributed by atoms with E-state index in [2.05, 4.69) is 26.1 Å². The summed E-state index contributed by atoms with van der Waals surface area (Å²) in [6.45, 7) is 1.05. The Bertz CT molecular complexity index is 136. The van der Waals surface area contributed by atoms with Crippen LogP contribution < -0.4 is 10.2 Å². The predicted octanol–water partition coefficient (Wildman–Crippen LogP) is -0.288. The molecule has 0 bridgehead atoms. The molecule has 0 aliphatic rings. The molecule has 0 aliphatic heterocycles. The molecule has 1 atom stereocenters. The van der Waals surface area contributed by atoms with Gasteiger partial charge in [-0.25, -0.2) is 10.2 Å². The average Bonchev–Trinajstić information content (AvgIpc) is 1.97. The Labute approximate surface area is 76.2 Å². The highest BCUT2D eigenvalue weighted by Crippen LogP contribution is 2.28. The Kier molecular flexibility index (Phi) is 6.57. The van der Waals surface area contributed by atoms with E-state index in [0.29, 0.717) is 18.4 Å². The quantitative estimate of drug-likeness (QED) is 0.341. The largest absolute Gasteiger partial charge is 0.338 e. The maximum atomic E-state index is 11.0. The van der Waals surface area contributed by atoms with Crippen LogP contribution in [0.15, 0.2) is 0 Å². The summed E-state index contributed by atoms with van der Waals surface area (Å²) in [4.78, 5) is 9.09. The van der Waals surface area contributed by atoms with E-state index in [1.807, 2.05) is 7.85 Å². The Morgan fingerprint density at radius 3 is 2.45 bits per heavy atom. The highest BCUT2D eigenvalue weighted by atomic mass is 79.9. The molecule has 0 fully saturated rings. The van der Waals surface area contributed by atoms with Gasteiger partial charge in [0.05, 0.1) is 0 Å². The minimum atomic E-state index is -3.26. The van der Waals surface area contributed by atoms with E-state index < -0.39 is 7.67 Å². The van der Waals surface area contributed by atoms with Crippen molar-refractivity contribution in [2.75, 3.05) is 18.4 Å². The van der Waals surface area contributed by atoms with Gasteiger partial charge in [-0.2, -0.15) is 0 Å². The third-order valence-corrected chi connectivity index (χ3v) is 2.70. The molecule has 7 heteroatoms. The fourth-order valence-electron chi connectivity index (χ4n) is 0.513. The van der Waals surface area contributed by atoms with Crippen LogP contribution in [0.25, 0.3) is 0 Å². The molecule has 3 N–H and O–H groups in total.